The Morgan fingerprint density at radius 3 is 2.71 bits per heavy atom. The van der Waals surface area contributed by atoms with Crippen LogP contribution in [0.3, 0.4) is 0 Å². The molecule has 112 valence electrons. The average molecular weight is 285 g/mol. The highest BCUT2D eigenvalue weighted by Gasteiger charge is 2.19. The molecule has 1 aromatic carbocycles. The van der Waals surface area contributed by atoms with Crippen LogP contribution >= 0.6 is 0 Å². The SMILES string of the molecule is CC(C)Oc1ccc(-c2cnc(CCNC3CC3)[nH]2)cc1. The molecule has 0 bridgehead atoms. The Kier molecular flexibility index (Phi) is 4.25. The van der Waals surface area contributed by atoms with E-state index in [2.05, 4.69) is 27.4 Å². The van der Waals surface area contributed by atoms with E-state index in [1.165, 1.54) is 12.8 Å². The summed E-state index contributed by atoms with van der Waals surface area (Å²) < 4.78 is 5.66. The molecule has 2 aromatic rings. The van der Waals surface area contributed by atoms with E-state index in [4.69, 9.17) is 4.74 Å². The third-order valence-corrected chi connectivity index (χ3v) is 3.54. The number of nitrogens with zero attached hydrogens (tertiary/aromatic N) is 1. The maximum atomic E-state index is 5.66. The van der Waals surface area contributed by atoms with Gasteiger partial charge in [-0.25, -0.2) is 4.98 Å². The van der Waals surface area contributed by atoms with Gasteiger partial charge in [-0.3, -0.25) is 0 Å². The van der Waals surface area contributed by atoms with Gasteiger partial charge in [0.2, 0.25) is 0 Å². The van der Waals surface area contributed by atoms with Crippen molar-refractivity contribution in [1.29, 1.82) is 0 Å². The number of hydrogen-bond donors (Lipinski definition) is 2. The van der Waals surface area contributed by atoms with Gasteiger partial charge in [0, 0.05) is 19.0 Å². The van der Waals surface area contributed by atoms with Gasteiger partial charge in [-0.1, -0.05) is 0 Å². The van der Waals surface area contributed by atoms with Crippen molar-refractivity contribution in [3.05, 3.63) is 36.3 Å². The van der Waals surface area contributed by atoms with E-state index in [0.717, 1.165) is 41.8 Å². The van der Waals surface area contributed by atoms with Crippen LogP contribution in [-0.2, 0) is 6.42 Å². The zero-order valence-electron chi connectivity index (χ0n) is 12.7. The van der Waals surface area contributed by atoms with Crippen molar-refractivity contribution in [2.24, 2.45) is 0 Å². The second-order valence-electron chi connectivity index (χ2n) is 5.91. The first-order chi connectivity index (χ1) is 10.2. The number of aromatic amines is 1. The first-order valence-electron chi connectivity index (χ1n) is 7.75. The van der Waals surface area contributed by atoms with Crippen molar-refractivity contribution in [2.75, 3.05) is 6.54 Å². The summed E-state index contributed by atoms with van der Waals surface area (Å²) in [6, 6.07) is 8.90. The first-order valence-corrected chi connectivity index (χ1v) is 7.75. The Morgan fingerprint density at radius 1 is 1.29 bits per heavy atom. The van der Waals surface area contributed by atoms with Crippen LogP contribution in [0.5, 0.6) is 5.75 Å². The zero-order chi connectivity index (χ0) is 14.7. The monoisotopic (exact) mass is 285 g/mol. The summed E-state index contributed by atoms with van der Waals surface area (Å²) in [5.74, 6) is 1.95. The largest absolute Gasteiger partial charge is 0.491 e. The quantitative estimate of drug-likeness (QED) is 0.821. The van der Waals surface area contributed by atoms with Crippen molar-refractivity contribution < 1.29 is 4.74 Å². The van der Waals surface area contributed by atoms with E-state index in [-0.39, 0.29) is 6.10 Å². The minimum Gasteiger partial charge on any atom is -0.491 e. The molecule has 0 aliphatic heterocycles. The molecule has 0 saturated heterocycles. The molecule has 0 spiro atoms. The lowest BCUT2D eigenvalue weighted by Gasteiger charge is -2.09. The van der Waals surface area contributed by atoms with Gasteiger partial charge >= 0.3 is 0 Å². The van der Waals surface area contributed by atoms with Gasteiger partial charge in [0.05, 0.1) is 18.0 Å². The topological polar surface area (TPSA) is 49.9 Å². The highest BCUT2D eigenvalue weighted by atomic mass is 16.5. The van der Waals surface area contributed by atoms with E-state index in [1.807, 2.05) is 32.2 Å². The van der Waals surface area contributed by atoms with Crippen molar-refractivity contribution in [1.82, 2.24) is 15.3 Å². The second kappa shape index (κ2) is 6.31. The number of benzene rings is 1. The molecular formula is C17H23N3O. The van der Waals surface area contributed by atoms with E-state index in [9.17, 15) is 0 Å². The zero-order valence-corrected chi connectivity index (χ0v) is 12.7. The van der Waals surface area contributed by atoms with Crippen molar-refractivity contribution in [3.8, 4) is 17.0 Å². The van der Waals surface area contributed by atoms with Crippen molar-refractivity contribution in [3.63, 3.8) is 0 Å². The van der Waals surface area contributed by atoms with Crippen LogP contribution in [0, 0.1) is 0 Å². The molecule has 0 radical (unpaired) electrons. The lowest BCUT2D eigenvalue weighted by Crippen LogP contribution is -2.19. The number of nitrogens with one attached hydrogen (secondary N) is 2. The first kappa shape index (κ1) is 14.1. The van der Waals surface area contributed by atoms with Crippen LogP contribution in [0.4, 0.5) is 0 Å². The summed E-state index contributed by atoms with van der Waals surface area (Å²) in [6.07, 6.45) is 5.71. The van der Waals surface area contributed by atoms with Crippen LogP contribution in [0.15, 0.2) is 30.5 Å². The fraction of sp³-hybridized carbons (Fsp3) is 0.471. The predicted molar refractivity (Wildman–Crippen MR) is 84.5 cm³/mol. The highest BCUT2D eigenvalue weighted by molar-refractivity contribution is 5.59. The molecule has 3 rings (SSSR count). The number of rotatable bonds is 7. The standard InChI is InChI=1S/C17H23N3O/c1-12(2)21-15-7-3-13(4-8-15)16-11-19-17(20-16)9-10-18-14-5-6-14/h3-4,7-8,11-12,14,18H,5-6,9-10H2,1-2H3,(H,19,20). The van der Waals surface area contributed by atoms with Crippen LogP contribution in [0.25, 0.3) is 11.3 Å². The Hall–Kier alpha value is -1.81. The molecule has 2 N–H and O–H groups in total. The average Bonchev–Trinajstić information content (AvgIpc) is 3.16. The van der Waals surface area contributed by atoms with E-state index in [1.54, 1.807) is 0 Å². The number of aromatic nitrogens is 2. The predicted octanol–water partition coefficient (Wildman–Crippen LogP) is 3.16. The molecule has 0 amide bonds. The third-order valence-electron chi connectivity index (χ3n) is 3.54. The van der Waals surface area contributed by atoms with Gasteiger partial charge < -0.3 is 15.0 Å². The Morgan fingerprint density at radius 2 is 2.05 bits per heavy atom. The lowest BCUT2D eigenvalue weighted by atomic mass is 10.1. The third kappa shape index (κ3) is 4.08. The van der Waals surface area contributed by atoms with Gasteiger partial charge in [0.1, 0.15) is 11.6 Å². The normalized spacial score (nSPS) is 14.6. The van der Waals surface area contributed by atoms with Gasteiger partial charge in [0.15, 0.2) is 0 Å². The van der Waals surface area contributed by atoms with Crippen LogP contribution in [0.2, 0.25) is 0 Å². The fourth-order valence-corrected chi connectivity index (χ4v) is 2.30. The summed E-state index contributed by atoms with van der Waals surface area (Å²) in [4.78, 5) is 7.85. The van der Waals surface area contributed by atoms with E-state index < -0.39 is 0 Å². The molecule has 21 heavy (non-hydrogen) atoms. The highest BCUT2D eigenvalue weighted by Crippen LogP contribution is 2.22. The van der Waals surface area contributed by atoms with Gasteiger partial charge in [0.25, 0.3) is 0 Å². The molecule has 1 heterocycles. The smallest absolute Gasteiger partial charge is 0.119 e. The molecule has 1 aliphatic rings. The Bertz CT molecular complexity index is 570. The van der Waals surface area contributed by atoms with Gasteiger partial charge in [-0.15, -0.1) is 0 Å². The minimum absolute atomic E-state index is 0.202. The molecule has 4 heteroatoms. The lowest BCUT2D eigenvalue weighted by molar-refractivity contribution is 0.242. The molecule has 0 unspecified atom stereocenters. The van der Waals surface area contributed by atoms with Crippen molar-refractivity contribution >= 4 is 0 Å². The van der Waals surface area contributed by atoms with Crippen LogP contribution in [0.1, 0.15) is 32.5 Å². The number of hydrogen-bond acceptors (Lipinski definition) is 3. The number of ether oxygens (including phenoxy) is 1. The molecule has 1 fully saturated rings. The molecule has 4 nitrogen and oxygen atoms in total. The molecular weight excluding hydrogens is 262 g/mol. The molecule has 0 atom stereocenters. The maximum absolute atomic E-state index is 5.66. The number of H-pyrrole nitrogens is 1. The Labute approximate surface area is 125 Å². The second-order valence-corrected chi connectivity index (χ2v) is 5.91. The van der Waals surface area contributed by atoms with Gasteiger partial charge in [-0.05, 0) is 56.5 Å². The summed E-state index contributed by atoms with van der Waals surface area (Å²) >= 11 is 0. The Balaban J connectivity index is 1.59. The van der Waals surface area contributed by atoms with Gasteiger partial charge in [-0.2, -0.15) is 0 Å². The molecule has 1 saturated carbocycles. The van der Waals surface area contributed by atoms with E-state index >= 15 is 0 Å². The maximum Gasteiger partial charge on any atom is 0.119 e. The summed E-state index contributed by atoms with van der Waals surface area (Å²) in [5, 5.41) is 3.50. The van der Waals surface area contributed by atoms with Crippen LogP contribution in [-0.4, -0.2) is 28.7 Å². The molecule has 1 aromatic heterocycles. The van der Waals surface area contributed by atoms with Crippen molar-refractivity contribution in [2.45, 2.75) is 45.3 Å². The summed E-state index contributed by atoms with van der Waals surface area (Å²) in [7, 11) is 0. The summed E-state index contributed by atoms with van der Waals surface area (Å²) in [5.41, 5.74) is 2.20. The van der Waals surface area contributed by atoms with E-state index in [0.29, 0.717) is 0 Å². The van der Waals surface area contributed by atoms with Crippen LogP contribution < -0.4 is 10.1 Å². The fourth-order valence-electron chi connectivity index (χ4n) is 2.30. The minimum atomic E-state index is 0.202. The molecule has 1 aliphatic carbocycles. The summed E-state index contributed by atoms with van der Waals surface area (Å²) in [6.45, 7) is 5.06. The number of imidazole rings is 1.